The summed E-state index contributed by atoms with van der Waals surface area (Å²) in [5.41, 5.74) is 9.64. The van der Waals surface area contributed by atoms with E-state index >= 15 is 0 Å². The van der Waals surface area contributed by atoms with Crippen LogP contribution in [0.4, 0.5) is 0 Å². The van der Waals surface area contributed by atoms with Crippen molar-refractivity contribution in [1.29, 1.82) is 0 Å². The smallest absolute Gasteiger partial charge is 0.164 e. The fourth-order valence-electron chi connectivity index (χ4n) is 7.47. The molecule has 244 valence electrons. The van der Waals surface area contributed by atoms with Crippen LogP contribution in [0, 0.1) is 0 Å². The minimum absolute atomic E-state index is 0.157. The van der Waals surface area contributed by atoms with Gasteiger partial charge in [0, 0.05) is 43.8 Å². The molecule has 0 atom stereocenters. The fraction of sp³-hybridized carbons (Fsp3) is 0. The van der Waals surface area contributed by atoms with Gasteiger partial charge < -0.3 is 8.83 Å². The molecule has 0 fully saturated rings. The number of fused-ring (bicyclic) bond motifs is 6. The number of hydrogen-bond donors (Lipinski definition) is 0. The average molecular weight is 691 g/mol. The molecule has 5 nitrogen and oxygen atoms in total. The first-order valence-electron chi connectivity index (χ1n) is 17.6. The van der Waals surface area contributed by atoms with Crippen molar-refractivity contribution >= 4 is 110 Å². The topological polar surface area (TPSA) is 65.0 Å². The van der Waals surface area contributed by atoms with Gasteiger partial charge in [-0.15, -0.1) is 16.4 Å². The average Bonchev–Trinajstić information content (AvgIpc) is 3.81. The molecule has 0 saturated heterocycles. The zero-order chi connectivity index (χ0) is 37.4. The molecular weight excluding hydrogens is 669 g/mol. The third kappa shape index (κ3) is 5.35. The lowest BCUT2D eigenvalue weighted by Gasteiger charge is -2.21. The van der Waals surface area contributed by atoms with Crippen molar-refractivity contribution in [2.75, 3.05) is 0 Å². The first-order valence-corrected chi connectivity index (χ1v) is 17.6. The molecule has 10 radical (unpaired) electrons. The summed E-state index contributed by atoms with van der Waals surface area (Å²) in [6.07, 6.45) is 0. The Kier molecular flexibility index (Phi) is 7.70. The van der Waals surface area contributed by atoms with Gasteiger partial charge in [0.25, 0.3) is 0 Å². The Morgan fingerprint density at radius 3 is 1.76 bits per heavy atom. The molecule has 0 spiro atoms. The second-order valence-electron chi connectivity index (χ2n) is 13.5. The summed E-state index contributed by atoms with van der Waals surface area (Å²) in [6.45, 7) is 0. The van der Waals surface area contributed by atoms with Gasteiger partial charge in [0.15, 0.2) is 17.5 Å². The van der Waals surface area contributed by atoms with Crippen LogP contribution in [-0.4, -0.2) is 54.2 Å². The van der Waals surface area contributed by atoms with E-state index in [1.165, 1.54) is 0 Å². The predicted octanol–water partition coefficient (Wildman–Crippen LogP) is 5.97. The number of nitrogens with zero attached hydrogens (tertiary/aromatic N) is 3. The third-order valence-corrected chi connectivity index (χ3v) is 10.2. The molecule has 3 heterocycles. The summed E-state index contributed by atoms with van der Waals surface area (Å²) in [7, 11) is 31.5. The molecular formula is C45H22B5N3O2. The molecule has 0 N–H and O–H groups in total. The van der Waals surface area contributed by atoms with Crippen LogP contribution in [0.25, 0.3) is 100 Å². The highest BCUT2D eigenvalue weighted by atomic mass is 16.3. The van der Waals surface area contributed by atoms with Gasteiger partial charge in [-0.3, -0.25) is 0 Å². The zero-order valence-electron chi connectivity index (χ0n) is 29.2. The summed E-state index contributed by atoms with van der Waals surface area (Å²) >= 11 is 0. The highest BCUT2D eigenvalue weighted by Gasteiger charge is 2.20. The molecule has 10 rings (SSSR count). The molecule has 7 aromatic carbocycles. The Bertz CT molecular complexity index is 3150. The maximum absolute atomic E-state index is 6.46. The Morgan fingerprint density at radius 2 is 0.945 bits per heavy atom. The van der Waals surface area contributed by atoms with E-state index in [1.807, 2.05) is 97.1 Å². The van der Waals surface area contributed by atoms with Crippen LogP contribution in [-0.2, 0) is 0 Å². The minimum Gasteiger partial charge on any atom is -0.456 e. The van der Waals surface area contributed by atoms with Crippen LogP contribution < -0.4 is 27.3 Å². The van der Waals surface area contributed by atoms with Crippen LogP contribution in [0.3, 0.4) is 0 Å². The van der Waals surface area contributed by atoms with Crippen LogP contribution in [0.1, 0.15) is 0 Å². The number of aromatic nitrogens is 3. The highest BCUT2D eigenvalue weighted by molar-refractivity contribution is 6.68. The predicted molar refractivity (Wildman–Crippen MR) is 229 cm³/mol. The van der Waals surface area contributed by atoms with E-state index in [0.717, 1.165) is 60.5 Å². The maximum Gasteiger partial charge on any atom is 0.164 e. The molecule has 0 unspecified atom stereocenters. The molecule has 0 amide bonds. The molecule has 10 heteroatoms. The van der Waals surface area contributed by atoms with Crippen LogP contribution in [0.5, 0.6) is 0 Å². The standard InChI is InChI=1S/C45H22B5N3O2/c46-37-35(38(47)40(49)41(50)39(37)48)25-11-6-12-26(21-25)44-51-43(23-9-2-1-3-10-23)52-45(53-44)30-16-8-18-34-36(30)31-22-24(19-20-33(31)54-34)27-14-7-15-29-28-13-4-5-17-32(28)55-42(27)29/h1-22H. The summed E-state index contributed by atoms with van der Waals surface area (Å²) in [5, 5.41) is 3.95. The lowest BCUT2D eigenvalue weighted by molar-refractivity contribution is 0.668. The Hall–Kier alpha value is -6.53. The Labute approximate surface area is 322 Å². The van der Waals surface area contributed by atoms with Gasteiger partial charge in [-0.1, -0.05) is 114 Å². The fourth-order valence-corrected chi connectivity index (χ4v) is 7.47. The second-order valence-corrected chi connectivity index (χ2v) is 13.5. The van der Waals surface area contributed by atoms with Crippen LogP contribution >= 0.6 is 0 Å². The second kappa shape index (κ2) is 12.8. The first kappa shape index (κ1) is 33.1. The lowest BCUT2D eigenvalue weighted by Crippen LogP contribution is -2.55. The van der Waals surface area contributed by atoms with Gasteiger partial charge >= 0.3 is 0 Å². The van der Waals surface area contributed by atoms with E-state index in [0.29, 0.717) is 39.7 Å². The number of hydrogen-bond acceptors (Lipinski definition) is 5. The molecule has 10 aromatic rings. The van der Waals surface area contributed by atoms with E-state index in [2.05, 4.69) is 36.4 Å². The molecule has 0 saturated carbocycles. The van der Waals surface area contributed by atoms with Crippen molar-refractivity contribution in [3.05, 3.63) is 133 Å². The van der Waals surface area contributed by atoms with Crippen molar-refractivity contribution in [3.63, 3.8) is 0 Å². The number of rotatable bonds is 5. The van der Waals surface area contributed by atoms with Crippen LogP contribution in [0.2, 0.25) is 0 Å². The largest absolute Gasteiger partial charge is 0.456 e. The van der Waals surface area contributed by atoms with E-state index in [4.69, 9.17) is 63.0 Å². The highest BCUT2D eigenvalue weighted by Crippen LogP contribution is 2.41. The van der Waals surface area contributed by atoms with Gasteiger partial charge in [-0.2, -0.15) is 0 Å². The summed E-state index contributed by atoms with van der Waals surface area (Å²) < 4.78 is 12.8. The van der Waals surface area contributed by atoms with Gasteiger partial charge in [0.05, 0.1) is 0 Å². The summed E-state index contributed by atoms with van der Waals surface area (Å²) in [4.78, 5) is 15.1. The van der Waals surface area contributed by atoms with E-state index < -0.39 is 0 Å². The summed E-state index contributed by atoms with van der Waals surface area (Å²) in [6, 6.07) is 43.9. The number of para-hydroxylation sites is 2. The Balaban J connectivity index is 1.17. The molecule has 0 aliphatic heterocycles. The van der Waals surface area contributed by atoms with Crippen molar-refractivity contribution in [3.8, 4) is 56.4 Å². The molecule has 0 aliphatic rings. The van der Waals surface area contributed by atoms with E-state index in [1.54, 1.807) is 0 Å². The quantitative estimate of drug-likeness (QED) is 0.208. The van der Waals surface area contributed by atoms with Crippen molar-refractivity contribution in [2.45, 2.75) is 0 Å². The molecule has 0 aliphatic carbocycles. The zero-order valence-corrected chi connectivity index (χ0v) is 29.2. The van der Waals surface area contributed by atoms with Gasteiger partial charge in [-0.25, -0.2) is 15.0 Å². The van der Waals surface area contributed by atoms with Gasteiger partial charge in [-0.05, 0) is 47.0 Å². The maximum atomic E-state index is 6.46. The molecule has 55 heavy (non-hydrogen) atoms. The van der Waals surface area contributed by atoms with Crippen molar-refractivity contribution in [1.82, 2.24) is 15.0 Å². The van der Waals surface area contributed by atoms with Crippen molar-refractivity contribution < 1.29 is 8.83 Å². The van der Waals surface area contributed by atoms with Crippen molar-refractivity contribution in [2.24, 2.45) is 0 Å². The van der Waals surface area contributed by atoms with Crippen LogP contribution in [0.15, 0.2) is 142 Å². The van der Waals surface area contributed by atoms with E-state index in [-0.39, 0.29) is 27.3 Å². The number of furan rings is 2. The first-order chi connectivity index (χ1) is 26.8. The minimum atomic E-state index is 0.157. The monoisotopic (exact) mass is 691 g/mol. The molecule has 3 aromatic heterocycles. The third-order valence-electron chi connectivity index (χ3n) is 10.2. The normalized spacial score (nSPS) is 11.6. The Morgan fingerprint density at radius 1 is 0.364 bits per heavy atom. The SMILES string of the molecule is [B]c1c([B])c([B])c(-c2cccc(-c3nc(-c4ccccc4)nc(-c4cccc5oc6ccc(-c7cccc8c7oc7ccccc78)cc6c45)n3)c2)c([B])c1[B]. The summed E-state index contributed by atoms with van der Waals surface area (Å²) in [5.74, 6) is 1.43. The lowest BCUT2D eigenvalue weighted by atomic mass is 9.59. The van der Waals surface area contributed by atoms with E-state index in [9.17, 15) is 0 Å². The van der Waals surface area contributed by atoms with Gasteiger partial charge in [0.1, 0.15) is 61.6 Å². The van der Waals surface area contributed by atoms with Gasteiger partial charge in [0.2, 0.25) is 0 Å². The number of benzene rings is 7. The molecule has 0 bridgehead atoms.